The third-order valence-electron chi connectivity index (χ3n) is 1.94. The van der Waals surface area contributed by atoms with Crippen LogP contribution in [0.4, 0.5) is 0 Å². The second-order valence-corrected chi connectivity index (χ2v) is 2.79. The van der Waals surface area contributed by atoms with Gasteiger partial charge in [-0.2, -0.15) is 0 Å². The van der Waals surface area contributed by atoms with Gasteiger partial charge in [-0.25, -0.2) is 0 Å². The Morgan fingerprint density at radius 1 is 1.36 bits per heavy atom. The molecule has 0 bridgehead atoms. The number of hydrogen-bond donors (Lipinski definition) is 2. The third kappa shape index (κ3) is 4.35. The Labute approximate surface area is 69.7 Å². The van der Waals surface area contributed by atoms with Crippen LogP contribution < -0.4 is 11.5 Å². The Balaban J connectivity index is 3.61. The van der Waals surface area contributed by atoms with Crippen LogP contribution in [0, 0.1) is 6.92 Å². The molecule has 0 fully saturated rings. The Morgan fingerprint density at radius 3 is 2.36 bits per heavy atom. The molecule has 0 aromatic carbocycles. The van der Waals surface area contributed by atoms with Gasteiger partial charge in [0, 0.05) is 19.1 Å². The molecule has 0 aliphatic rings. The summed E-state index contributed by atoms with van der Waals surface area (Å²) < 4.78 is 0. The van der Waals surface area contributed by atoms with Crippen LogP contribution in [0.1, 0.15) is 12.8 Å². The van der Waals surface area contributed by atoms with Crippen LogP contribution in [0.3, 0.4) is 0 Å². The van der Waals surface area contributed by atoms with E-state index in [0.717, 1.165) is 25.9 Å². The highest BCUT2D eigenvalue weighted by atomic mass is 15.1. The first-order valence-corrected chi connectivity index (χ1v) is 4.15. The number of nitrogens with zero attached hydrogens (tertiary/aromatic N) is 1. The van der Waals surface area contributed by atoms with E-state index in [2.05, 4.69) is 18.9 Å². The van der Waals surface area contributed by atoms with Crippen LogP contribution in [-0.4, -0.2) is 37.6 Å². The molecule has 0 aromatic heterocycles. The number of likely N-dealkylation sites (N-methyl/N-ethyl adjacent to an activating group) is 1. The van der Waals surface area contributed by atoms with Crippen LogP contribution in [0.2, 0.25) is 0 Å². The molecule has 3 heteroatoms. The summed E-state index contributed by atoms with van der Waals surface area (Å²) in [7, 11) is 2.07. The topological polar surface area (TPSA) is 55.3 Å². The van der Waals surface area contributed by atoms with E-state index in [1.54, 1.807) is 0 Å². The Bertz CT molecular complexity index is 85.4. The minimum atomic E-state index is 0.503. The van der Waals surface area contributed by atoms with Crippen molar-refractivity contribution < 1.29 is 0 Å². The fraction of sp³-hybridized carbons (Fsp3) is 0.875. The second kappa shape index (κ2) is 6.58. The zero-order valence-corrected chi connectivity index (χ0v) is 7.42. The average molecular weight is 158 g/mol. The van der Waals surface area contributed by atoms with E-state index in [1.165, 1.54) is 0 Å². The van der Waals surface area contributed by atoms with Crippen molar-refractivity contribution in [1.82, 2.24) is 4.90 Å². The number of nitrogens with two attached hydrogens (primary N) is 2. The second-order valence-electron chi connectivity index (χ2n) is 2.79. The van der Waals surface area contributed by atoms with Gasteiger partial charge in [0.1, 0.15) is 0 Å². The summed E-state index contributed by atoms with van der Waals surface area (Å²) in [6.07, 6.45) is 1.92. The van der Waals surface area contributed by atoms with Crippen LogP contribution in [0.5, 0.6) is 0 Å². The molecule has 11 heavy (non-hydrogen) atoms. The van der Waals surface area contributed by atoms with Gasteiger partial charge < -0.3 is 16.4 Å². The lowest BCUT2D eigenvalue weighted by Gasteiger charge is -2.25. The van der Waals surface area contributed by atoms with Crippen molar-refractivity contribution in [2.24, 2.45) is 11.5 Å². The lowest BCUT2D eigenvalue weighted by atomic mass is 10.1. The summed E-state index contributed by atoms with van der Waals surface area (Å²) >= 11 is 0. The van der Waals surface area contributed by atoms with Crippen molar-refractivity contribution in [3.8, 4) is 0 Å². The molecule has 0 saturated heterocycles. The molecule has 67 valence electrons. The van der Waals surface area contributed by atoms with Crippen molar-refractivity contribution in [3.05, 3.63) is 6.92 Å². The van der Waals surface area contributed by atoms with Gasteiger partial charge in [-0.05, 0) is 26.4 Å². The predicted molar refractivity (Wildman–Crippen MR) is 49.1 cm³/mol. The molecule has 1 atom stereocenters. The summed E-state index contributed by atoms with van der Waals surface area (Å²) in [5.41, 5.74) is 10.9. The van der Waals surface area contributed by atoms with Crippen LogP contribution in [-0.2, 0) is 0 Å². The van der Waals surface area contributed by atoms with Crippen LogP contribution >= 0.6 is 0 Å². The van der Waals surface area contributed by atoms with E-state index < -0.39 is 0 Å². The van der Waals surface area contributed by atoms with Gasteiger partial charge in [0.2, 0.25) is 0 Å². The van der Waals surface area contributed by atoms with Gasteiger partial charge >= 0.3 is 0 Å². The van der Waals surface area contributed by atoms with Crippen molar-refractivity contribution in [3.63, 3.8) is 0 Å². The van der Waals surface area contributed by atoms with Crippen molar-refractivity contribution in [1.29, 1.82) is 0 Å². The van der Waals surface area contributed by atoms with Gasteiger partial charge in [-0.1, -0.05) is 6.92 Å². The highest BCUT2D eigenvalue weighted by Crippen LogP contribution is 2.03. The molecular weight excluding hydrogens is 138 g/mol. The molecule has 4 N–H and O–H groups in total. The van der Waals surface area contributed by atoms with E-state index in [9.17, 15) is 0 Å². The van der Waals surface area contributed by atoms with Crippen LogP contribution in [0.15, 0.2) is 0 Å². The molecule has 1 radical (unpaired) electrons. The first kappa shape index (κ1) is 10.9. The van der Waals surface area contributed by atoms with E-state index in [1.807, 2.05) is 0 Å². The highest BCUT2D eigenvalue weighted by molar-refractivity contribution is 4.70. The first-order chi connectivity index (χ1) is 5.26. The summed E-state index contributed by atoms with van der Waals surface area (Å²) in [6.45, 7) is 6.24. The molecule has 0 saturated carbocycles. The molecule has 0 spiro atoms. The van der Waals surface area contributed by atoms with Crippen molar-refractivity contribution in [2.45, 2.75) is 18.9 Å². The minimum absolute atomic E-state index is 0.503. The lowest BCUT2D eigenvalue weighted by Crippen LogP contribution is -2.36. The summed E-state index contributed by atoms with van der Waals surface area (Å²) in [5, 5.41) is 0. The fourth-order valence-electron chi connectivity index (χ4n) is 1.16. The molecule has 0 amide bonds. The smallest absolute Gasteiger partial charge is 0.0105 e. The van der Waals surface area contributed by atoms with Crippen molar-refractivity contribution in [2.75, 3.05) is 26.7 Å². The quantitative estimate of drug-likeness (QED) is 0.564. The Hall–Kier alpha value is -0.120. The van der Waals surface area contributed by atoms with E-state index >= 15 is 0 Å². The van der Waals surface area contributed by atoms with Crippen molar-refractivity contribution >= 4 is 0 Å². The zero-order chi connectivity index (χ0) is 8.69. The SMILES string of the molecule is [CH2]CC(CCN)N(C)CCN. The normalized spacial score (nSPS) is 13.9. The van der Waals surface area contributed by atoms with Gasteiger partial charge in [0.15, 0.2) is 0 Å². The van der Waals surface area contributed by atoms with Crippen LogP contribution in [0.25, 0.3) is 0 Å². The molecule has 0 aromatic rings. The molecule has 3 nitrogen and oxygen atoms in total. The summed E-state index contributed by atoms with van der Waals surface area (Å²) in [4.78, 5) is 2.22. The van der Waals surface area contributed by atoms with E-state index in [0.29, 0.717) is 12.6 Å². The maximum atomic E-state index is 5.45. The molecule has 0 aliphatic heterocycles. The maximum absolute atomic E-state index is 5.45. The standard InChI is InChI=1S/C8H20N3/c1-3-8(4-5-9)11(2)7-6-10/h8H,1,3-7,9-10H2,2H3. The monoisotopic (exact) mass is 158 g/mol. The van der Waals surface area contributed by atoms with Gasteiger partial charge in [0.25, 0.3) is 0 Å². The Morgan fingerprint density at radius 2 is 2.00 bits per heavy atom. The van der Waals surface area contributed by atoms with Gasteiger partial charge in [0.05, 0.1) is 0 Å². The van der Waals surface area contributed by atoms with E-state index in [4.69, 9.17) is 11.5 Å². The fourth-order valence-corrected chi connectivity index (χ4v) is 1.16. The lowest BCUT2D eigenvalue weighted by molar-refractivity contribution is 0.239. The summed E-state index contributed by atoms with van der Waals surface area (Å²) in [5.74, 6) is 0. The maximum Gasteiger partial charge on any atom is 0.0105 e. The molecule has 0 aliphatic carbocycles. The average Bonchev–Trinajstić information content (AvgIpc) is 2.00. The molecule has 0 heterocycles. The predicted octanol–water partition coefficient (Wildman–Crippen LogP) is -0.182. The Kier molecular flexibility index (Phi) is 6.51. The molecule has 1 unspecified atom stereocenters. The summed E-state index contributed by atoms with van der Waals surface area (Å²) in [6, 6.07) is 0.503. The number of hydrogen-bond acceptors (Lipinski definition) is 3. The zero-order valence-electron chi connectivity index (χ0n) is 7.42. The van der Waals surface area contributed by atoms with E-state index in [-0.39, 0.29) is 0 Å². The third-order valence-corrected chi connectivity index (χ3v) is 1.94. The highest BCUT2D eigenvalue weighted by Gasteiger charge is 2.09. The molecule has 0 rings (SSSR count). The van der Waals surface area contributed by atoms with Gasteiger partial charge in [-0.3, -0.25) is 0 Å². The largest absolute Gasteiger partial charge is 0.330 e. The first-order valence-electron chi connectivity index (χ1n) is 4.15. The minimum Gasteiger partial charge on any atom is -0.330 e. The number of rotatable bonds is 6. The molecular formula is C8H20N3. The van der Waals surface area contributed by atoms with Gasteiger partial charge in [-0.15, -0.1) is 0 Å².